The number of hydrogen-bond donors (Lipinski definition) is 1. The third kappa shape index (κ3) is 5.38. The molecule has 33 heavy (non-hydrogen) atoms. The Labute approximate surface area is 193 Å². The second-order valence-electron chi connectivity index (χ2n) is 6.61. The Morgan fingerprint density at radius 1 is 1.15 bits per heavy atom. The maximum absolute atomic E-state index is 13.6. The van der Waals surface area contributed by atoms with Crippen molar-refractivity contribution in [2.24, 2.45) is 0 Å². The number of nitrogens with zero attached hydrogens (tertiary/aromatic N) is 2. The minimum absolute atomic E-state index is 0.0110. The highest BCUT2D eigenvalue weighted by Crippen LogP contribution is 2.35. The summed E-state index contributed by atoms with van der Waals surface area (Å²) < 4.78 is 46.2. The first kappa shape index (κ1) is 24.0. The Morgan fingerprint density at radius 2 is 1.82 bits per heavy atom. The van der Waals surface area contributed by atoms with Gasteiger partial charge in [0, 0.05) is 17.8 Å². The van der Waals surface area contributed by atoms with Gasteiger partial charge in [0.2, 0.25) is 5.91 Å². The van der Waals surface area contributed by atoms with Crippen LogP contribution < -0.4 is 14.4 Å². The summed E-state index contributed by atoms with van der Waals surface area (Å²) in [6.45, 7) is -0.723. The van der Waals surface area contributed by atoms with Crippen LogP contribution in [-0.2, 0) is 14.8 Å². The zero-order chi connectivity index (χ0) is 24.2. The van der Waals surface area contributed by atoms with Crippen LogP contribution in [0.15, 0.2) is 71.6 Å². The molecule has 9 nitrogen and oxygen atoms in total. The molecule has 0 bridgehead atoms. The summed E-state index contributed by atoms with van der Waals surface area (Å²) in [5.74, 6) is -1.12. The molecule has 3 aromatic carbocycles. The number of non-ortho nitro benzene ring substituents is 1. The molecule has 0 spiro atoms. The topological polar surface area (TPSA) is 119 Å². The SMILES string of the molecule is COc1ccccc1N(CC(=O)Nc1ccc(F)cc1)S(=O)(=O)c1cc([N+](=O)[O-])ccc1Cl. The monoisotopic (exact) mass is 493 g/mol. The zero-order valence-electron chi connectivity index (χ0n) is 17.1. The molecular formula is C21H17ClFN3O6S. The number of halogens is 2. The number of sulfonamides is 1. The van der Waals surface area contributed by atoms with Gasteiger partial charge in [-0.2, -0.15) is 0 Å². The van der Waals surface area contributed by atoms with Gasteiger partial charge in [-0.1, -0.05) is 23.7 Å². The van der Waals surface area contributed by atoms with Crippen molar-refractivity contribution in [3.05, 3.63) is 87.7 Å². The van der Waals surface area contributed by atoms with Gasteiger partial charge in [0.1, 0.15) is 23.0 Å². The summed E-state index contributed by atoms with van der Waals surface area (Å²) >= 11 is 6.08. The number of nitro groups is 1. The van der Waals surface area contributed by atoms with Crippen molar-refractivity contribution in [3.63, 3.8) is 0 Å². The minimum atomic E-state index is -4.57. The van der Waals surface area contributed by atoms with Crippen LogP contribution in [0.4, 0.5) is 21.5 Å². The smallest absolute Gasteiger partial charge is 0.270 e. The van der Waals surface area contributed by atoms with Gasteiger partial charge in [0.15, 0.2) is 0 Å². The number of ether oxygens (including phenoxy) is 1. The van der Waals surface area contributed by atoms with E-state index in [1.165, 1.54) is 37.4 Å². The lowest BCUT2D eigenvalue weighted by Gasteiger charge is -2.26. The first-order chi connectivity index (χ1) is 15.6. The molecule has 0 saturated carbocycles. The van der Waals surface area contributed by atoms with E-state index in [1.807, 2.05) is 0 Å². The van der Waals surface area contributed by atoms with Gasteiger partial charge >= 0.3 is 0 Å². The van der Waals surface area contributed by atoms with Gasteiger partial charge in [-0.05, 0) is 42.5 Å². The molecule has 0 aliphatic carbocycles. The van der Waals surface area contributed by atoms with Crippen molar-refractivity contribution in [3.8, 4) is 5.75 Å². The van der Waals surface area contributed by atoms with E-state index in [0.717, 1.165) is 34.6 Å². The van der Waals surface area contributed by atoms with E-state index in [2.05, 4.69) is 5.32 Å². The highest BCUT2D eigenvalue weighted by molar-refractivity contribution is 7.93. The third-order valence-corrected chi connectivity index (χ3v) is 6.70. The minimum Gasteiger partial charge on any atom is -0.495 e. The van der Waals surface area contributed by atoms with Gasteiger partial charge in [0.05, 0.1) is 22.7 Å². The molecule has 12 heteroatoms. The van der Waals surface area contributed by atoms with E-state index in [1.54, 1.807) is 6.07 Å². The van der Waals surface area contributed by atoms with Crippen LogP contribution in [0.25, 0.3) is 0 Å². The van der Waals surface area contributed by atoms with E-state index in [4.69, 9.17) is 16.3 Å². The first-order valence-corrected chi connectivity index (χ1v) is 11.1. The quantitative estimate of drug-likeness (QED) is 0.370. The van der Waals surface area contributed by atoms with E-state index in [9.17, 15) is 27.7 Å². The molecule has 0 unspecified atom stereocenters. The largest absolute Gasteiger partial charge is 0.495 e. The predicted octanol–water partition coefficient (Wildman–Crippen LogP) is 4.23. The average Bonchev–Trinajstić information content (AvgIpc) is 2.79. The van der Waals surface area contributed by atoms with Crippen LogP contribution in [0, 0.1) is 15.9 Å². The number of nitro benzene ring substituents is 1. The number of carbonyl (C=O) groups excluding carboxylic acids is 1. The molecule has 0 saturated heterocycles. The maximum Gasteiger partial charge on any atom is 0.270 e. The molecule has 0 heterocycles. The summed E-state index contributed by atoms with van der Waals surface area (Å²) in [5, 5.41) is 13.4. The zero-order valence-corrected chi connectivity index (χ0v) is 18.6. The predicted molar refractivity (Wildman–Crippen MR) is 121 cm³/mol. The van der Waals surface area contributed by atoms with Crippen LogP contribution in [-0.4, -0.2) is 32.9 Å². The van der Waals surface area contributed by atoms with E-state index in [-0.39, 0.29) is 22.1 Å². The van der Waals surface area contributed by atoms with Crippen LogP contribution >= 0.6 is 11.6 Å². The van der Waals surface area contributed by atoms with E-state index in [0.29, 0.717) is 0 Å². The standard InChI is InChI=1S/C21H17ClFN3O6S/c1-32-19-5-3-2-4-18(19)25(13-21(27)24-15-8-6-14(23)7-9-15)33(30,31)20-12-16(26(28)29)10-11-17(20)22/h2-12H,13H2,1H3,(H,24,27). The van der Waals surface area contributed by atoms with Crippen molar-refractivity contribution in [1.29, 1.82) is 0 Å². The van der Waals surface area contributed by atoms with Gasteiger partial charge in [-0.15, -0.1) is 0 Å². The highest BCUT2D eigenvalue weighted by Gasteiger charge is 2.32. The summed E-state index contributed by atoms with van der Waals surface area (Å²) in [7, 11) is -3.25. The number of methoxy groups -OCH3 is 1. The number of amides is 1. The van der Waals surface area contributed by atoms with E-state index >= 15 is 0 Å². The Hall–Kier alpha value is -3.70. The van der Waals surface area contributed by atoms with E-state index < -0.39 is 43.8 Å². The van der Waals surface area contributed by atoms with Gasteiger partial charge in [-0.3, -0.25) is 19.2 Å². The lowest BCUT2D eigenvalue weighted by Crippen LogP contribution is -2.38. The lowest BCUT2D eigenvalue weighted by molar-refractivity contribution is -0.385. The fraction of sp³-hybridized carbons (Fsp3) is 0.0952. The number of hydrogen-bond acceptors (Lipinski definition) is 6. The summed E-state index contributed by atoms with van der Waals surface area (Å²) in [5.41, 5.74) is -0.238. The van der Waals surface area contributed by atoms with Gasteiger partial charge < -0.3 is 10.1 Å². The molecule has 1 amide bonds. The number of carbonyl (C=O) groups is 1. The Morgan fingerprint density at radius 3 is 2.45 bits per heavy atom. The maximum atomic E-state index is 13.6. The van der Waals surface area contributed by atoms with Crippen molar-refractivity contribution >= 4 is 44.6 Å². The average molecular weight is 494 g/mol. The fourth-order valence-electron chi connectivity index (χ4n) is 2.92. The van der Waals surface area contributed by atoms with Crippen LogP contribution in [0.3, 0.4) is 0 Å². The number of benzene rings is 3. The Balaban J connectivity index is 2.07. The Kier molecular flexibility index (Phi) is 7.14. The molecule has 0 aliphatic rings. The van der Waals surface area contributed by atoms with Crippen LogP contribution in [0.2, 0.25) is 5.02 Å². The van der Waals surface area contributed by atoms with Crippen molar-refractivity contribution in [2.75, 3.05) is 23.3 Å². The second kappa shape index (κ2) is 9.84. The molecule has 3 rings (SSSR count). The van der Waals surface area contributed by atoms with Crippen LogP contribution in [0.1, 0.15) is 0 Å². The lowest BCUT2D eigenvalue weighted by atomic mass is 10.3. The second-order valence-corrected chi connectivity index (χ2v) is 8.85. The normalized spacial score (nSPS) is 11.0. The van der Waals surface area contributed by atoms with Crippen molar-refractivity contribution < 1.29 is 27.3 Å². The van der Waals surface area contributed by atoms with Crippen LogP contribution in [0.5, 0.6) is 5.75 Å². The third-order valence-electron chi connectivity index (χ3n) is 4.46. The highest BCUT2D eigenvalue weighted by atomic mass is 35.5. The van der Waals surface area contributed by atoms with Crippen molar-refractivity contribution in [2.45, 2.75) is 4.90 Å². The number of anilines is 2. The molecular weight excluding hydrogens is 477 g/mol. The summed E-state index contributed by atoms with van der Waals surface area (Å²) in [6.07, 6.45) is 0. The molecule has 3 aromatic rings. The molecule has 0 radical (unpaired) electrons. The van der Waals surface area contributed by atoms with Gasteiger partial charge in [0.25, 0.3) is 15.7 Å². The molecule has 0 atom stereocenters. The van der Waals surface area contributed by atoms with Crippen molar-refractivity contribution in [1.82, 2.24) is 0 Å². The summed E-state index contributed by atoms with van der Waals surface area (Å²) in [6, 6.07) is 13.9. The number of nitrogens with one attached hydrogen (secondary N) is 1. The first-order valence-electron chi connectivity index (χ1n) is 9.28. The molecule has 172 valence electrons. The van der Waals surface area contributed by atoms with Gasteiger partial charge in [-0.25, -0.2) is 12.8 Å². The molecule has 1 N–H and O–H groups in total. The Bertz CT molecular complexity index is 1300. The number of rotatable bonds is 8. The fourth-order valence-corrected chi connectivity index (χ4v) is 4.85. The molecule has 0 aliphatic heterocycles. The molecule has 0 fully saturated rings. The summed E-state index contributed by atoms with van der Waals surface area (Å²) in [4.78, 5) is 22.6. The molecule has 0 aromatic heterocycles. The number of para-hydroxylation sites is 2.